The zero-order valence-corrected chi connectivity index (χ0v) is 13.4. The second-order valence-electron chi connectivity index (χ2n) is 5.54. The van der Waals surface area contributed by atoms with Crippen LogP contribution in [0.15, 0.2) is 24.3 Å². The molecule has 0 N–H and O–H groups in total. The standard InChI is InChI=1S/C18H28O3/c1-3-4-5-6-7-8-9-10-14-20-21-18(19)17-13-11-12-16(2)15-17/h11-13,15H,3-10,14H2,1-2H3. The third-order valence-corrected chi connectivity index (χ3v) is 3.47. The van der Waals surface area contributed by atoms with Crippen LogP contribution in [0.25, 0.3) is 0 Å². The first-order valence-corrected chi connectivity index (χ1v) is 8.14. The number of hydrogen-bond acceptors (Lipinski definition) is 3. The Hall–Kier alpha value is -1.35. The summed E-state index contributed by atoms with van der Waals surface area (Å²) in [6, 6.07) is 7.31. The van der Waals surface area contributed by atoms with E-state index in [-0.39, 0.29) is 0 Å². The van der Waals surface area contributed by atoms with Gasteiger partial charge in [0, 0.05) is 0 Å². The third-order valence-electron chi connectivity index (χ3n) is 3.47. The highest BCUT2D eigenvalue weighted by Crippen LogP contribution is 2.09. The molecule has 3 nitrogen and oxygen atoms in total. The Kier molecular flexibility index (Phi) is 9.55. The number of rotatable bonds is 11. The first-order valence-electron chi connectivity index (χ1n) is 8.14. The quantitative estimate of drug-likeness (QED) is 0.318. The van der Waals surface area contributed by atoms with E-state index in [4.69, 9.17) is 9.78 Å². The van der Waals surface area contributed by atoms with Gasteiger partial charge in [0.25, 0.3) is 0 Å². The van der Waals surface area contributed by atoms with Crippen molar-refractivity contribution in [1.29, 1.82) is 0 Å². The van der Waals surface area contributed by atoms with Gasteiger partial charge in [0.2, 0.25) is 0 Å². The lowest BCUT2D eigenvalue weighted by atomic mass is 10.1. The van der Waals surface area contributed by atoms with Crippen molar-refractivity contribution in [1.82, 2.24) is 0 Å². The molecule has 0 bridgehead atoms. The maximum atomic E-state index is 11.7. The molecule has 0 radical (unpaired) electrons. The van der Waals surface area contributed by atoms with Crippen LogP contribution in [0.4, 0.5) is 0 Å². The van der Waals surface area contributed by atoms with E-state index in [1.807, 2.05) is 19.1 Å². The van der Waals surface area contributed by atoms with Gasteiger partial charge in [-0.1, -0.05) is 69.6 Å². The van der Waals surface area contributed by atoms with Crippen molar-refractivity contribution in [3.63, 3.8) is 0 Å². The van der Waals surface area contributed by atoms with Gasteiger partial charge >= 0.3 is 5.97 Å². The Morgan fingerprint density at radius 3 is 2.33 bits per heavy atom. The molecule has 0 heterocycles. The van der Waals surface area contributed by atoms with Crippen molar-refractivity contribution < 1.29 is 14.6 Å². The van der Waals surface area contributed by atoms with Crippen LogP contribution in [-0.2, 0) is 9.78 Å². The second-order valence-corrected chi connectivity index (χ2v) is 5.54. The SMILES string of the molecule is CCCCCCCCCCOOC(=O)c1cccc(C)c1. The highest BCUT2D eigenvalue weighted by Gasteiger charge is 2.07. The molecule has 0 aliphatic rings. The van der Waals surface area contributed by atoms with E-state index in [9.17, 15) is 4.79 Å². The molecule has 0 aliphatic heterocycles. The highest BCUT2D eigenvalue weighted by atomic mass is 17.2. The number of hydrogen-bond donors (Lipinski definition) is 0. The molecule has 0 aromatic heterocycles. The topological polar surface area (TPSA) is 35.5 Å². The fourth-order valence-corrected chi connectivity index (χ4v) is 2.21. The average Bonchev–Trinajstić information content (AvgIpc) is 2.49. The molecule has 0 spiro atoms. The van der Waals surface area contributed by atoms with Gasteiger partial charge in [-0.2, -0.15) is 4.89 Å². The van der Waals surface area contributed by atoms with Crippen molar-refractivity contribution in [2.45, 2.75) is 65.2 Å². The van der Waals surface area contributed by atoms with Gasteiger partial charge in [-0.3, -0.25) is 4.89 Å². The summed E-state index contributed by atoms with van der Waals surface area (Å²) in [4.78, 5) is 21.5. The summed E-state index contributed by atoms with van der Waals surface area (Å²) in [6.07, 6.45) is 9.92. The highest BCUT2D eigenvalue weighted by molar-refractivity contribution is 5.89. The lowest BCUT2D eigenvalue weighted by Gasteiger charge is -2.04. The number of carbonyl (C=O) groups excluding carboxylic acids is 1. The minimum atomic E-state index is -0.418. The molecular weight excluding hydrogens is 264 g/mol. The van der Waals surface area contributed by atoms with E-state index in [1.54, 1.807) is 12.1 Å². The molecule has 1 aromatic carbocycles. The van der Waals surface area contributed by atoms with Gasteiger partial charge in [0.1, 0.15) is 0 Å². The van der Waals surface area contributed by atoms with E-state index < -0.39 is 5.97 Å². The van der Waals surface area contributed by atoms with Crippen molar-refractivity contribution in [2.24, 2.45) is 0 Å². The van der Waals surface area contributed by atoms with Gasteiger partial charge in [-0.25, -0.2) is 4.79 Å². The number of carbonyl (C=O) groups is 1. The van der Waals surface area contributed by atoms with Crippen molar-refractivity contribution >= 4 is 5.97 Å². The Bertz CT molecular complexity index is 401. The Balaban J connectivity index is 1.98. The molecule has 3 heteroatoms. The largest absolute Gasteiger partial charge is 0.373 e. The molecule has 118 valence electrons. The molecule has 0 unspecified atom stereocenters. The molecule has 0 atom stereocenters. The summed E-state index contributed by atoms with van der Waals surface area (Å²) in [7, 11) is 0. The summed E-state index contributed by atoms with van der Waals surface area (Å²) in [5.74, 6) is -0.418. The molecular formula is C18H28O3. The maximum Gasteiger partial charge on any atom is 0.373 e. The molecule has 0 fully saturated rings. The van der Waals surface area contributed by atoms with E-state index >= 15 is 0 Å². The first-order chi connectivity index (χ1) is 10.2. The van der Waals surface area contributed by atoms with Gasteiger partial charge in [-0.15, -0.1) is 0 Å². The van der Waals surface area contributed by atoms with E-state index in [0.29, 0.717) is 12.2 Å². The van der Waals surface area contributed by atoms with Crippen molar-refractivity contribution in [3.05, 3.63) is 35.4 Å². The lowest BCUT2D eigenvalue weighted by molar-refractivity contribution is -0.241. The van der Waals surface area contributed by atoms with Crippen LogP contribution in [0.5, 0.6) is 0 Å². The van der Waals surface area contributed by atoms with Crippen LogP contribution in [-0.4, -0.2) is 12.6 Å². The predicted octanol–water partition coefficient (Wildman–Crippen LogP) is 5.22. The molecule has 1 aromatic rings. The average molecular weight is 292 g/mol. The summed E-state index contributed by atoms with van der Waals surface area (Å²) < 4.78 is 0. The van der Waals surface area contributed by atoms with Crippen molar-refractivity contribution in [3.8, 4) is 0 Å². The number of benzene rings is 1. The summed E-state index contributed by atoms with van der Waals surface area (Å²) in [6.45, 7) is 4.65. The summed E-state index contributed by atoms with van der Waals surface area (Å²) in [5, 5.41) is 0. The minimum absolute atomic E-state index is 0.418. The van der Waals surface area contributed by atoms with Crippen LogP contribution < -0.4 is 0 Å². The molecule has 0 saturated heterocycles. The van der Waals surface area contributed by atoms with Gasteiger partial charge in [-0.05, 0) is 25.5 Å². The predicted molar refractivity (Wildman–Crippen MR) is 85.2 cm³/mol. The first kappa shape index (κ1) is 17.7. The minimum Gasteiger partial charge on any atom is -0.293 e. The monoisotopic (exact) mass is 292 g/mol. The zero-order valence-electron chi connectivity index (χ0n) is 13.4. The fourth-order valence-electron chi connectivity index (χ4n) is 2.21. The molecule has 0 saturated carbocycles. The summed E-state index contributed by atoms with van der Waals surface area (Å²) >= 11 is 0. The van der Waals surface area contributed by atoms with Gasteiger partial charge in [0.15, 0.2) is 0 Å². The molecule has 1 rings (SSSR count). The molecule has 0 aliphatic carbocycles. The van der Waals surface area contributed by atoms with Crippen molar-refractivity contribution in [2.75, 3.05) is 6.61 Å². The van der Waals surface area contributed by atoms with E-state index in [1.165, 1.54) is 38.5 Å². The van der Waals surface area contributed by atoms with Gasteiger partial charge in [0.05, 0.1) is 12.2 Å². The van der Waals surface area contributed by atoms with Crippen LogP contribution in [0.3, 0.4) is 0 Å². The normalized spacial score (nSPS) is 10.6. The Morgan fingerprint density at radius 1 is 1.00 bits per heavy atom. The van der Waals surface area contributed by atoms with E-state index in [2.05, 4.69) is 6.92 Å². The van der Waals surface area contributed by atoms with Crippen LogP contribution >= 0.6 is 0 Å². The van der Waals surface area contributed by atoms with Crippen LogP contribution in [0.2, 0.25) is 0 Å². The molecule has 0 amide bonds. The zero-order chi connectivity index (χ0) is 15.3. The van der Waals surface area contributed by atoms with Crippen LogP contribution in [0.1, 0.15) is 74.2 Å². The fraction of sp³-hybridized carbons (Fsp3) is 0.611. The Morgan fingerprint density at radius 2 is 1.67 bits per heavy atom. The van der Waals surface area contributed by atoms with Crippen LogP contribution in [0, 0.1) is 6.92 Å². The maximum absolute atomic E-state index is 11.7. The Labute approximate surface area is 128 Å². The number of unbranched alkanes of at least 4 members (excludes halogenated alkanes) is 7. The third kappa shape index (κ3) is 8.51. The molecule has 21 heavy (non-hydrogen) atoms. The van der Waals surface area contributed by atoms with E-state index in [0.717, 1.165) is 18.4 Å². The second kappa shape index (κ2) is 11.3. The summed E-state index contributed by atoms with van der Waals surface area (Å²) in [5.41, 5.74) is 1.57. The lowest BCUT2D eigenvalue weighted by Crippen LogP contribution is -2.07. The smallest absolute Gasteiger partial charge is 0.293 e. The number of aryl methyl sites for hydroxylation is 1. The van der Waals surface area contributed by atoms with Gasteiger partial charge < -0.3 is 0 Å².